The van der Waals surface area contributed by atoms with E-state index in [1.165, 1.54) is 22.2 Å². The Bertz CT molecular complexity index is 1320. The summed E-state index contributed by atoms with van der Waals surface area (Å²) in [6, 6.07) is 0. The van der Waals surface area contributed by atoms with E-state index in [0.717, 1.165) is 0 Å². The van der Waals surface area contributed by atoms with Crippen molar-refractivity contribution in [3.63, 3.8) is 0 Å². The van der Waals surface area contributed by atoms with E-state index in [9.17, 15) is 36.6 Å². The van der Waals surface area contributed by atoms with Gasteiger partial charge in [0.1, 0.15) is 0 Å². The van der Waals surface area contributed by atoms with Crippen molar-refractivity contribution in [2.75, 3.05) is 36.0 Å². The molecule has 42 heavy (non-hydrogen) atoms. The second-order valence-corrected chi connectivity index (χ2v) is 12.5. The quantitative estimate of drug-likeness (QED) is 0.373. The molecule has 3 aliphatic heterocycles. The van der Waals surface area contributed by atoms with Crippen LogP contribution in [0.2, 0.25) is 0 Å². The van der Waals surface area contributed by atoms with Crippen molar-refractivity contribution in [1.29, 1.82) is 0 Å². The van der Waals surface area contributed by atoms with Crippen LogP contribution < -0.4 is 15.3 Å². The highest BCUT2D eigenvalue weighted by Crippen LogP contribution is 2.40. The molecule has 2 aromatic rings. The molecule has 18 heteroatoms. The summed E-state index contributed by atoms with van der Waals surface area (Å²) in [6.45, 7) is 8.93. The van der Waals surface area contributed by atoms with Gasteiger partial charge in [-0.1, -0.05) is 0 Å². The molecule has 3 fully saturated rings. The van der Waals surface area contributed by atoms with Gasteiger partial charge in [0.15, 0.2) is 11.2 Å². The van der Waals surface area contributed by atoms with Crippen LogP contribution >= 0.6 is 15.9 Å². The molecule has 232 valence electrons. The molecule has 0 atom stereocenters. The van der Waals surface area contributed by atoms with E-state index in [4.69, 9.17) is 9.31 Å². The van der Waals surface area contributed by atoms with Gasteiger partial charge in [0.05, 0.1) is 47.5 Å². The average molecular weight is 671 g/mol. The summed E-state index contributed by atoms with van der Waals surface area (Å²) in [6.07, 6.45) is -6.30. The molecule has 0 aromatic carbocycles. The van der Waals surface area contributed by atoms with Crippen molar-refractivity contribution in [3.05, 3.63) is 28.3 Å². The zero-order valence-corrected chi connectivity index (χ0v) is 25.2. The van der Waals surface area contributed by atoms with E-state index in [1.807, 2.05) is 27.7 Å². The number of halogens is 7. The van der Waals surface area contributed by atoms with Crippen LogP contribution in [0.4, 0.5) is 38.2 Å². The maximum Gasteiger partial charge on any atom is 0.498 e. The lowest BCUT2D eigenvalue weighted by atomic mass is 9.79. The highest BCUT2D eigenvalue weighted by Gasteiger charge is 2.62. The molecule has 3 saturated heterocycles. The molecule has 0 bridgehead atoms. The normalized spacial score (nSPS) is 22.2. The summed E-state index contributed by atoms with van der Waals surface area (Å²) < 4.78 is 87.9. The van der Waals surface area contributed by atoms with Crippen LogP contribution in [0.1, 0.15) is 39.1 Å². The van der Waals surface area contributed by atoms with E-state index >= 15 is 0 Å². The third-order valence-corrected chi connectivity index (χ3v) is 8.63. The smallest absolute Gasteiger partial charge is 0.399 e. The largest absolute Gasteiger partial charge is 0.498 e. The number of anilines is 2. The van der Waals surface area contributed by atoms with Crippen LogP contribution in [0.15, 0.2) is 16.9 Å². The number of hydrogen-bond donors (Lipinski definition) is 2. The molecule has 0 unspecified atom stereocenters. The first-order valence-electron chi connectivity index (χ1n) is 12.8. The fourth-order valence-corrected chi connectivity index (χ4v) is 4.41. The monoisotopic (exact) mass is 670 g/mol. The molecule has 0 aliphatic carbocycles. The molecular formula is C24H30BBrF6N6O4. The van der Waals surface area contributed by atoms with Crippen molar-refractivity contribution < 1.29 is 45.9 Å². The minimum absolute atomic E-state index is 0.145. The standard InChI is InChI=1S/C15H21BF3N3O3.C9H9BrF3N3O/c1-9-10(16-24-12(2,3)13(4,5)25-16)6-20-11(21-9)22-7-14(23,8-22)15(17,18)19;1-5-6(10)2-14-7(15-5)16-3-8(17,4-16)9(11,12)13/h6,23H,7-8H2,1-5H3;2,17H,3-4H2,1H3. The fourth-order valence-electron chi connectivity index (χ4n) is 4.22. The number of aliphatic hydroxyl groups is 2. The van der Waals surface area contributed by atoms with Crippen LogP contribution in [-0.2, 0) is 9.31 Å². The second kappa shape index (κ2) is 10.4. The van der Waals surface area contributed by atoms with Gasteiger partial charge in [-0.15, -0.1) is 0 Å². The van der Waals surface area contributed by atoms with Crippen molar-refractivity contribution in [1.82, 2.24) is 19.9 Å². The Hall–Kier alpha value is -2.28. The first-order valence-corrected chi connectivity index (χ1v) is 13.5. The van der Waals surface area contributed by atoms with E-state index in [-0.39, 0.29) is 11.9 Å². The van der Waals surface area contributed by atoms with E-state index in [2.05, 4.69) is 35.9 Å². The molecule has 2 aromatic heterocycles. The number of nitrogens with zero attached hydrogens (tertiary/aromatic N) is 6. The van der Waals surface area contributed by atoms with Gasteiger partial charge in [0.25, 0.3) is 0 Å². The Morgan fingerprint density at radius 1 is 0.762 bits per heavy atom. The molecule has 0 amide bonds. The van der Waals surface area contributed by atoms with Crippen LogP contribution in [0.5, 0.6) is 0 Å². The maximum absolute atomic E-state index is 12.7. The van der Waals surface area contributed by atoms with Crippen LogP contribution in [0, 0.1) is 13.8 Å². The van der Waals surface area contributed by atoms with E-state index in [1.54, 1.807) is 13.8 Å². The molecule has 5 heterocycles. The van der Waals surface area contributed by atoms with E-state index in [0.29, 0.717) is 21.3 Å². The zero-order chi connectivity index (χ0) is 31.7. The Morgan fingerprint density at radius 3 is 1.50 bits per heavy atom. The lowest BCUT2D eigenvalue weighted by molar-refractivity contribution is -0.267. The van der Waals surface area contributed by atoms with Crippen LogP contribution in [0.3, 0.4) is 0 Å². The number of alkyl halides is 6. The molecule has 2 N–H and O–H groups in total. The van der Waals surface area contributed by atoms with Gasteiger partial charge in [-0.2, -0.15) is 26.3 Å². The molecule has 0 spiro atoms. The highest BCUT2D eigenvalue weighted by molar-refractivity contribution is 9.10. The molecule has 5 rings (SSSR count). The molecule has 0 radical (unpaired) electrons. The summed E-state index contributed by atoms with van der Waals surface area (Å²) in [5.74, 6) is 0.339. The lowest BCUT2D eigenvalue weighted by Gasteiger charge is -2.46. The first kappa shape index (κ1) is 32.6. The van der Waals surface area contributed by atoms with Gasteiger partial charge in [-0.05, 0) is 57.5 Å². The van der Waals surface area contributed by atoms with Gasteiger partial charge in [0, 0.05) is 23.6 Å². The molecule has 10 nitrogen and oxygen atoms in total. The predicted molar refractivity (Wildman–Crippen MR) is 143 cm³/mol. The SMILES string of the molecule is Cc1nc(N2CC(O)(C(F)(F)F)C2)ncc1B1OC(C)(C)C(C)(C)O1.Cc1nc(N2CC(O)(C(F)(F)F)C2)ncc1Br. The van der Waals surface area contributed by atoms with Gasteiger partial charge in [-0.25, -0.2) is 19.9 Å². The van der Waals surface area contributed by atoms with Gasteiger partial charge in [-0.3, -0.25) is 0 Å². The zero-order valence-electron chi connectivity index (χ0n) is 23.6. The molecular weight excluding hydrogens is 641 g/mol. The van der Waals surface area contributed by atoms with Crippen molar-refractivity contribution in [3.8, 4) is 0 Å². The minimum atomic E-state index is -4.67. The van der Waals surface area contributed by atoms with Crippen LogP contribution in [0.25, 0.3) is 0 Å². The van der Waals surface area contributed by atoms with Crippen molar-refractivity contribution >= 4 is 40.4 Å². The average Bonchev–Trinajstić information content (AvgIpc) is 3.02. The lowest BCUT2D eigenvalue weighted by Crippen LogP contribution is -2.69. The van der Waals surface area contributed by atoms with Crippen LogP contribution in [-0.4, -0.2) is 98.2 Å². The van der Waals surface area contributed by atoms with Gasteiger partial charge in [0.2, 0.25) is 11.9 Å². The molecule has 0 saturated carbocycles. The number of aromatic nitrogens is 4. The Labute approximate surface area is 246 Å². The topological polar surface area (TPSA) is 117 Å². The first-order chi connectivity index (χ1) is 19.0. The second-order valence-electron chi connectivity index (χ2n) is 11.7. The Kier molecular flexibility index (Phi) is 8.10. The third-order valence-electron chi connectivity index (χ3n) is 7.85. The minimum Gasteiger partial charge on any atom is -0.399 e. The number of rotatable bonds is 3. The number of hydrogen-bond acceptors (Lipinski definition) is 10. The fraction of sp³-hybridized carbons (Fsp3) is 0.667. The van der Waals surface area contributed by atoms with Gasteiger partial charge < -0.3 is 29.3 Å². The van der Waals surface area contributed by atoms with Gasteiger partial charge >= 0.3 is 19.5 Å². The third kappa shape index (κ3) is 5.92. The Morgan fingerprint density at radius 2 is 1.14 bits per heavy atom. The summed E-state index contributed by atoms with van der Waals surface area (Å²) in [5, 5.41) is 18.8. The summed E-state index contributed by atoms with van der Waals surface area (Å²) in [4.78, 5) is 18.9. The summed E-state index contributed by atoms with van der Waals surface area (Å²) in [5.41, 5.74) is -4.53. The summed E-state index contributed by atoms with van der Waals surface area (Å²) in [7, 11) is -0.637. The highest BCUT2D eigenvalue weighted by atomic mass is 79.9. The number of β-amino-alcohol motifs (C(OH)–C–C–N with tert-alkyl or cyclic N) is 2. The van der Waals surface area contributed by atoms with Crippen molar-refractivity contribution in [2.24, 2.45) is 0 Å². The van der Waals surface area contributed by atoms with Crippen molar-refractivity contribution in [2.45, 2.75) is 76.3 Å². The summed E-state index contributed by atoms with van der Waals surface area (Å²) >= 11 is 3.20. The number of aryl methyl sites for hydroxylation is 2. The predicted octanol–water partition coefficient (Wildman–Crippen LogP) is 2.86. The molecule has 3 aliphatic rings. The van der Waals surface area contributed by atoms with E-state index < -0.39 is 68.1 Å². The maximum atomic E-state index is 12.7. The Balaban J connectivity index is 0.000000208.